The van der Waals surface area contributed by atoms with Crippen LogP contribution >= 0.6 is 0 Å². The largest absolute Gasteiger partial charge is 0.460 e. The molecule has 0 aromatic heterocycles. The van der Waals surface area contributed by atoms with E-state index in [1.165, 1.54) is 22.3 Å². The quantitative estimate of drug-likeness (QED) is 0.0681. The minimum atomic E-state index is -0.419. The maximum absolute atomic E-state index is 12.3. The van der Waals surface area contributed by atoms with E-state index in [2.05, 4.69) is 36.2 Å². The van der Waals surface area contributed by atoms with E-state index in [-0.39, 0.29) is 12.5 Å². The van der Waals surface area contributed by atoms with E-state index in [1.54, 1.807) is 6.92 Å². The molecule has 3 rings (SSSR count). The van der Waals surface area contributed by atoms with Gasteiger partial charge >= 0.3 is 12.1 Å². The maximum atomic E-state index is 12.3. The van der Waals surface area contributed by atoms with Gasteiger partial charge in [-0.3, -0.25) is 0 Å². The predicted molar refractivity (Wildman–Crippen MR) is 190 cm³/mol. The van der Waals surface area contributed by atoms with Gasteiger partial charge in [0.25, 0.3) is 0 Å². The van der Waals surface area contributed by atoms with Gasteiger partial charge in [-0.1, -0.05) is 55.1 Å². The van der Waals surface area contributed by atoms with E-state index in [0.29, 0.717) is 131 Å². The smallest absolute Gasteiger partial charge is 0.407 e. The van der Waals surface area contributed by atoms with Gasteiger partial charge in [0.15, 0.2) is 0 Å². The van der Waals surface area contributed by atoms with Gasteiger partial charge in [0.2, 0.25) is 0 Å². The Hall–Kier alpha value is -3.40. The van der Waals surface area contributed by atoms with Crippen LogP contribution in [0, 0.1) is 0 Å². The number of fused-ring (bicyclic) bond motifs is 3. The summed E-state index contributed by atoms with van der Waals surface area (Å²) in [6.45, 7) is 13.5. The topological polar surface area (TPSA) is 138 Å². The molecule has 0 heterocycles. The lowest BCUT2D eigenvalue weighted by molar-refractivity contribution is -0.140. The number of hydrogen-bond donors (Lipinski definition) is 1. The highest BCUT2D eigenvalue weighted by Gasteiger charge is 2.28. The summed E-state index contributed by atoms with van der Waals surface area (Å²) in [4.78, 5) is 23.5. The highest BCUT2D eigenvalue weighted by molar-refractivity contribution is 5.86. The molecule has 0 spiro atoms. The molecule has 0 radical (unpaired) electrons. The Balaban J connectivity index is 0.974. The van der Waals surface area contributed by atoms with Crippen molar-refractivity contribution in [3.8, 4) is 11.1 Å². The van der Waals surface area contributed by atoms with Crippen molar-refractivity contribution in [1.29, 1.82) is 0 Å². The van der Waals surface area contributed by atoms with Crippen LogP contribution in [0.15, 0.2) is 60.7 Å². The van der Waals surface area contributed by atoms with Crippen molar-refractivity contribution < 1.29 is 57.0 Å². The second-order valence-electron chi connectivity index (χ2n) is 11.4. The summed E-state index contributed by atoms with van der Waals surface area (Å²) in [7, 11) is 0. The first-order valence-electron chi connectivity index (χ1n) is 17.6. The average Bonchev–Trinajstić information content (AvgIpc) is 3.46. The van der Waals surface area contributed by atoms with Crippen molar-refractivity contribution in [3.05, 3.63) is 71.8 Å². The van der Waals surface area contributed by atoms with Gasteiger partial charge < -0.3 is 52.7 Å². The van der Waals surface area contributed by atoms with E-state index < -0.39 is 12.1 Å². The van der Waals surface area contributed by atoms with Crippen molar-refractivity contribution in [2.24, 2.45) is 0 Å². The molecule has 0 fully saturated rings. The number of hydrogen-bond acceptors (Lipinski definition) is 12. The van der Waals surface area contributed by atoms with Crippen molar-refractivity contribution >= 4 is 12.1 Å². The fraction of sp³-hybridized carbons (Fsp3) is 0.579. The van der Waals surface area contributed by atoms with Gasteiger partial charge in [0, 0.05) is 24.6 Å². The molecule has 13 nitrogen and oxygen atoms in total. The fourth-order valence-corrected chi connectivity index (χ4v) is 4.97. The second-order valence-corrected chi connectivity index (χ2v) is 11.4. The number of nitrogens with one attached hydrogen (secondary N) is 1. The first-order chi connectivity index (χ1) is 25.1. The molecule has 2 aromatic rings. The number of rotatable bonds is 31. The number of benzene rings is 2. The molecule has 0 atom stereocenters. The molecule has 284 valence electrons. The Labute approximate surface area is 301 Å². The number of esters is 1. The minimum absolute atomic E-state index is 0.0472. The number of carbonyl (C=O) groups excluding carboxylic acids is 2. The van der Waals surface area contributed by atoms with Crippen LogP contribution in [0.1, 0.15) is 30.4 Å². The van der Waals surface area contributed by atoms with Gasteiger partial charge in [-0.15, -0.1) is 0 Å². The van der Waals surface area contributed by atoms with Gasteiger partial charge in [-0.2, -0.15) is 0 Å². The first kappa shape index (κ1) is 42.0. The molecule has 1 amide bonds. The van der Waals surface area contributed by atoms with Crippen LogP contribution in [-0.2, 0) is 52.2 Å². The Morgan fingerprint density at radius 2 is 0.922 bits per heavy atom. The lowest BCUT2D eigenvalue weighted by Gasteiger charge is -2.14. The Morgan fingerprint density at radius 3 is 1.33 bits per heavy atom. The van der Waals surface area contributed by atoms with E-state index in [4.69, 9.17) is 47.4 Å². The molecule has 1 aliphatic carbocycles. The summed E-state index contributed by atoms with van der Waals surface area (Å²) < 4.78 is 54.2. The maximum Gasteiger partial charge on any atom is 0.407 e. The van der Waals surface area contributed by atoms with Crippen molar-refractivity contribution in [3.63, 3.8) is 0 Å². The van der Waals surface area contributed by atoms with Crippen molar-refractivity contribution in [2.45, 2.75) is 19.3 Å². The Kier molecular flexibility index (Phi) is 22.5. The van der Waals surface area contributed by atoms with E-state index >= 15 is 0 Å². The summed E-state index contributed by atoms with van der Waals surface area (Å²) in [6, 6.07) is 16.5. The molecule has 13 heteroatoms. The molecule has 51 heavy (non-hydrogen) atoms. The van der Waals surface area contributed by atoms with Gasteiger partial charge in [0.05, 0.1) is 99.1 Å². The lowest BCUT2D eigenvalue weighted by Crippen LogP contribution is -2.27. The summed E-state index contributed by atoms with van der Waals surface area (Å²) in [5.74, 6) is -0.369. The van der Waals surface area contributed by atoms with Crippen LogP contribution in [0.5, 0.6) is 0 Å². The molecule has 0 saturated heterocycles. The van der Waals surface area contributed by atoms with Crippen LogP contribution in [-0.4, -0.2) is 138 Å². The number of amides is 1. The van der Waals surface area contributed by atoms with Gasteiger partial charge in [-0.25, -0.2) is 9.59 Å². The summed E-state index contributed by atoms with van der Waals surface area (Å²) in [5.41, 5.74) is 5.16. The lowest BCUT2D eigenvalue weighted by atomic mass is 9.98. The molecule has 0 aliphatic heterocycles. The number of carbonyl (C=O) groups is 2. The summed E-state index contributed by atoms with van der Waals surface area (Å²) >= 11 is 0. The zero-order valence-corrected chi connectivity index (χ0v) is 29.9. The zero-order chi connectivity index (χ0) is 36.2. The highest BCUT2D eigenvalue weighted by Crippen LogP contribution is 2.44. The van der Waals surface area contributed by atoms with Crippen LogP contribution < -0.4 is 5.32 Å². The second kappa shape index (κ2) is 27.3. The molecular weight excluding hydrogens is 662 g/mol. The Bertz CT molecular complexity index is 1210. The fourth-order valence-electron chi connectivity index (χ4n) is 4.97. The summed E-state index contributed by atoms with van der Waals surface area (Å²) in [5, 5.41) is 2.80. The van der Waals surface area contributed by atoms with Crippen molar-refractivity contribution in [1.82, 2.24) is 5.32 Å². The standard InChI is InChI=1S/C38H55NO12/c1-31(2)37(40)50-29-28-49-27-26-48-25-24-47-23-22-46-21-20-45-19-18-44-17-16-43-15-14-42-13-7-12-39-38(41)51-30-36-34-10-5-3-8-32(34)33-9-4-6-11-35(33)36/h3-6,8-11,36H,1,7,12-30H2,2H3,(H,39,41). The minimum Gasteiger partial charge on any atom is -0.460 e. The molecule has 0 bridgehead atoms. The van der Waals surface area contributed by atoms with Crippen molar-refractivity contribution in [2.75, 3.05) is 125 Å². The van der Waals surface area contributed by atoms with E-state index in [0.717, 1.165) is 0 Å². The summed E-state index contributed by atoms with van der Waals surface area (Å²) in [6.07, 6.45) is 0.262. The molecule has 2 aromatic carbocycles. The third-order valence-electron chi connectivity index (χ3n) is 7.49. The molecule has 1 aliphatic rings. The Morgan fingerprint density at radius 1 is 0.549 bits per heavy atom. The SMILES string of the molecule is C=C(C)C(=O)OCCOCCOCCOCCOCCOCCOCCOCCOCCCNC(=O)OCC1c2ccccc2-c2ccccc21. The van der Waals surface area contributed by atoms with Gasteiger partial charge in [-0.05, 0) is 35.6 Å². The monoisotopic (exact) mass is 717 g/mol. The molecule has 0 saturated carbocycles. The number of ether oxygens (including phenoxy) is 10. The normalized spacial score (nSPS) is 12.0. The highest BCUT2D eigenvalue weighted by atomic mass is 16.6. The average molecular weight is 718 g/mol. The van der Waals surface area contributed by atoms with Gasteiger partial charge in [0.1, 0.15) is 13.2 Å². The molecular formula is C38H55NO12. The van der Waals surface area contributed by atoms with Crippen LogP contribution in [0.3, 0.4) is 0 Å². The van der Waals surface area contributed by atoms with Crippen LogP contribution in [0.2, 0.25) is 0 Å². The third-order valence-corrected chi connectivity index (χ3v) is 7.49. The first-order valence-corrected chi connectivity index (χ1v) is 17.6. The predicted octanol–water partition coefficient (Wildman–Crippen LogP) is 4.17. The molecule has 0 unspecified atom stereocenters. The van der Waals surface area contributed by atoms with Crippen LogP contribution in [0.25, 0.3) is 11.1 Å². The number of alkyl carbamates (subject to hydrolysis) is 1. The van der Waals surface area contributed by atoms with Crippen LogP contribution in [0.4, 0.5) is 4.79 Å². The zero-order valence-electron chi connectivity index (χ0n) is 29.9. The molecule has 1 N–H and O–H groups in total. The van der Waals surface area contributed by atoms with E-state index in [1.807, 2.05) is 24.3 Å². The third kappa shape index (κ3) is 18.1. The van der Waals surface area contributed by atoms with E-state index in [9.17, 15) is 9.59 Å².